The van der Waals surface area contributed by atoms with Gasteiger partial charge in [0.1, 0.15) is 6.26 Å². The topological polar surface area (TPSA) is 64.2 Å². The maximum atomic E-state index is 12.0. The van der Waals surface area contributed by atoms with Gasteiger partial charge in [0.05, 0.1) is 12.5 Å². The lowest BCUT2D eigenvalue weighted by molar-refractivity contribution is 0.340. The van der Waals surface area contributed by atoms with Crippen LogP contribution < -0.4 is 10.5 Å². The van der Waals surface area contributed by atoms with Gasteiger partial charge < -0.3 is 9.32 Å². The molecule has 0 spiro atoms. The van der Waals surface area contributed by atoms with Crippen molar-refractivity contribution in [2.75, 3.05) is 18.0 Å². The largest absolute Gasteiger partial charge is 0.432 e. The van der Waals surface area contributed by atoms with E-state index >= 15 is 0 Å². The van der Waals surface area contributed by atoms with E-state index in [0.717, 1.165) is 32.5 Å². The summed E-state index contributed by atoms with van der Waals surface area (Å²) >= 11 is 0. The van der Waals surface area contributed by atoms with Gasteiger partial charge >= 0.3 is 0 Å². The summed E-state index contributed by atoms with van der Waals surface area (Å²) in [7, 11) is 0. The fourth-order valence-corrected chi connectivity index (χ4v) is 2.65. The molecule has 1 aliphatic heterocycles. The minimum absolute atomic E-state index is 0.0649. The van der Waals surface area contributed by atoms with Crippen LogP contribution in [0.4, 0.5) is 6.01 Å². The van der Waals surface area contributed by atoms with Crippen LogP contribution in [-0.4, -0.2) is 27.6 Å². The van der Waals surface area contributed by atoms with E-state index < -0.39 is 0 Å². The summed E-state index contributed by atoms with van der Waals surface area (Å²) in [5.74, 6) is 0.502. The Kier molecular flexibility index (Phi) is 3.54. The Labute approximate surface area is 117 Å². The van der Waals surface area contributed by atoms with Crippen molar-refractivity contribution in [2.45, 2.75) is 26.3 Å². The van der Waals surface area contributed by atoms with Gasteiger partial charge in [0.25, 0.3) is 11.6 Å². The number of rotatable bonds is 3. The zero-order valence-electron chi connectivity index (χ0n) is 11.5. The van der Waals surface area contributed by atoms with E-state index in [9.17, 15) is 4.79 Å². The van der Waals surface area contributed by atoms with Crippen LogP contribution in [0.2, 0.25) is 0 Å². The van der Waals surface area contributed by atoms with Crippen LogP contribution in [0.5, 0.6) is 0 Å². The highest BCUT2D eigenvalue weighted by molar-refractivity contribution is 5.25. The molecule has 6 nitrogen and oxygen atoms in total. The first kappa shape index (κ1) is 12.9. The number of oxazole rings is 1. The van der Waals surface area contributed by atoms with Gasteiger partial charge in [-0.15, -0.1) is 0 Å². The predicted molar refractivity (Wildman–Crippen MR) is 74.7 cm³/mol. The van der Waals surface area contributed by atoms with E-state index in [4.69, 9.17) is 4.42 Å². The second-order valence-corrected chi connectivity index (χ2v) is 5.28. The van der Waals surface area contributed by atoms with Crippen molar-refractivity contribution >= 4 is 6.01 Å². The summed E-state index contributed by atoms with van der Waals surface area (Å²) in [6.45, 7) is 4.38. The van der Waals surface area contributed by atoms with Crippen molar-refractivity contribution in [2.24, 2.45) is 5.92 Å². The van der Waals surface area contributed by atoms with Crippen LogP contribution in [-0.2, 0) is 6.54 Å². The third-order valence-corrected chi connectivity index (χ3v) is 3.83. The predicted octanol–water partition coefficient (Wildman–Crippen LogP) is 1.46. The molecule has 0 unspecified atom stereocenters. The first-order valence-electron chi connectivity index (χ1n) is 6.89. The Morgan fingerprint density at radius 3 is 2.90 bits per heavy atom. The summed E-state index contributed by atoms with van der Waals surface area (Å²) in [5, 5.41) is 0. The summed E-state index contributed by atoms with van der Waals surface area (Å²) in [4.78, 5) is 22.4. The van der Waals surface area contributed by atoms with Gasteiger partial charge in [-0.3, -0.25) is 9.36 Å². The average molecular weight is 274 g/mol. The fraction of sp³-hybridized carbons (Fsp3) is 0.500. The summed E-state index contributed by atoms with van der Waals surface area (Å²) < 4.78 is 7.03. The van der Waals surface area contributed by atoms with E-state index in [0.29, 0.717) is 17.5 Å². The van der Waals surface area contributed by atoms with Gasteiger partial charge in [-0.25, -0.2) is 9.97 Å². The van der Waals surface area contributed by atoms with Crippen molar-refractivity contribution in [3.63, 3.8) is 0 Å². The van der Waals surface area contributed by atoms with Gasteiger partial charge in [0, 0.05) is 31.4 Å². The lowest BCUT2D eigenvalue weighted by atomic mass is 9.97. The van der Waals surface area contributed by atoms with Crippen molar-refractivity contribution in [1.82, 2.24) is 14.5 Å². The fourth-order valence-electron chi connectivity index (χ4n) is 2.65. The van der Waals surface area contributed by atoms with E-state index in [-0.39, 0.29) is 5.56 Å². The number of piperidine rings is 1. The highest BCUT2D eigenvalue weighted by Gasteiger charge is 2.22. The molecule has 0 saturated carbocycles. The lowest BCUT2D eigenvalue weighted by Gasteiger charge is -2.31. The Balaban J connectivity index is 1.61. The van der Waals surface area contributed by atoms with Crippen LogP contribution >= 0.6 is 0 Å². The van der Waals surface area contributed by atoms with Crippen molar-refractivity contribution in [3.05, 3.63) is 40.9 Å². The third kappa shape index (κ3) is 2.59. The van der Waals surface area contributed by atoms with Crippen LogP contribution in [0.3, 0.4) is 0 Å². The van der Waals surface area contributed by atoms with E-state index in [1.807, 2.05) is 0 Å². The molecule has 0 aliphatic carbocycles. The summed E-state index contributed by atoms with van der Waals surface area (Å²) in [6.07, 6.45) is 8.57. The molecule has 2 aromatic heterocycles. The molecule has 6 heteroatoms. The lowest BCUT2D eigenvalue weighted by Crippen LogP contribution is -2.36. The second kappa shape index (κ2) is 5.48. The molecule has 2 aromatic rings. The average Bonchev–Trinajstić information content (AvgIpc) is 2.99. The van der Waals surface area contributed by atoms with Crippen LogP contribution in [0.15, 0.2) is 34.2 Å². The van der Waals surface area contributed by atoms with E-state index in [1.54, 1.807) is 36.5 Å². The molecule has 3 heterocycles. The molecular formula is C14H18N4O2. The molecule has 1 saturated heterocycles. The van der Waals surface area contributed by atoms with E-state index in [2.05, 4.69) is 14.9 Å². The normalized spacial score (nSPS) is 16.6. The maximum Gasteiger partial charge on any atom is 0.297 e. The van der Waals surface area contributed by atoms with Crippen LogP contribution in [0.1, 0.15) is 18.4 Å². The SMILES string of the molecule is Cc1cncn(CC2CCN(c3ncco3)CC2)c1=O. The highest BCUT2D eigenvalue weighted by Crippen LogP contribution is 2.22. The standard InChI is InChI=1S/C14H18N4O2/c1-11-8-15-10-18(13(11)19)9-12-2-5-17(6-3-12)14-16-4-7-20-14/h4,7-8,10,12H,2-3,5-6,9H2,1H3. The molecule has 0 radical (unpaired) electrons. The molecule has 1 aliphatic rings. The summed E-state index contributed by atoms with van der Waals surface area (Å²) in [6, 6.07) is 0.692. The first-order valence-corrected chi connectivity index (χ1v) is 6.89. The number of hydrogen-bond donors (Lipinski definition) is 0. The summed E-state index contributed by atoms with van der Waals surface area (Å²) in [5.41, 5.74) is 0.764. The second-order valence-electron chi connectivity index (χ2n) is 5.28. The van der Waals surface area contributed by atoms with Crippen molar-refractivity contribution < 1.29 is 4.42 Å². The number of anilines is 1. The molecule has 3 rings (SSSR count). The van der Waals surface area contributed by atoms with Crippen molar-refractivity contribution in [3.8, 4) is 0 Å². The number of hydrogen-bond acceptors (Lipinski definition) is 5. The van der Waals surface area contributed by atoms with E-state index in [1.165, 1.54) is 0 Å². The molecule has 106 valence electrons. The molecule has 0 N–H and O–H groups in total. The van der Waals surface area contributed by atoms with Gasteiger partial charge in [0.15, 0.2) is 0 Å². The van der Waals surface area contributed by atoms with Gasteiger partial charge in [0.2, 0.25) is 0 Å². The molecule has 0 aromatic carbocycles. The highest BCUT2D eigenvalue weighted by atomic mass is 16.4. The molecule has 20 heavy (non-hydrogen) atoms. The maximum absolute atomic E-state index is 12.0. The quantitative estimate of drug-likeness (QED) is 0.847. The minimum Gasteiger partial charge on any atom is -0.432 e. The van der Waals surface area contributed by atoms with Crippen LogP contribution in [0.25, 0.3) is 0 Å². The molecule has 0 bridgehead atoms. The number of aryl methyl sites for hydroxylation is 1. The smallest absolute Gasteiger partial charge is 0.297 e. The van der Waals surface area contributed by atoms with Crippen molar-refractivity contribution in [1.29, 1.82) is 0 Å². The number of aromatic nitrogens is 3. The van der Waals surface area contributed by atoms with Gasteiger partial charge in [-0.1, -0.05) is 0 Å². The van der Waals surface area contributed by atoms with Gasteiger partial charge in [-0.2, -0.15) is 0 Å². The minimum atomic E-state index is 0.0649. The zero-order chi connectivity index (χ0) is 13.9. The van der Waals surface area contributed by atoms with Gasteiger partial charge in [-0.05, 0) is 25.7 Å². The first-order chi connectivity index (χ1) is 9.74. The molecule has 0 atom stereocenters. The number of nitrogens with zero attached hydrogens (tertiary/aromatic N) is 4. The third-order valence-electron chi connectivity index (χ3n) is 3.83. The zero-order valence-corrected chi connectivity index (χ0v) is 11.5. The molecule has 0 amide bonds. The monoisotopic (exact) mass is 274 g/mol. The Hall–Kier alpha value is -2.11. The Morgan fingerprint density at radius 2 is 2.20 bits per heavy atom. The Morgan fingerprint density at radius 1 is 1.40 bits per heavy atom. The molecular weight excluding hydrogens is 256 g/mol. The van der Waals surface area contributed by atoms with Crippen LogP contribution in [0, 0.1) is 12.8 Å². The molecule has 1 fully saturated rings. The Bertz CT molecular complexity index is 612.